The van der Waals surface area contributed by atoms with Gasteiger partial charge in [-0.15, -0.1) is 0 Å². The summed E-state index contributed by atoms with van der Waals surface area (Å²) in [5, 5.41) is 3.03. The molecule has 0 spiro atoms. The minimum Gasteiger partial charge on any atom is -0.492 e. The molecule has 6 rings (SSSR count). The Hall–Kier alpha value is -4.02. The first-order valence-corrected chi connectivity index (χ1v) is 12.9. The summed E-state index contributed by atoms with van der Waals surface area (Å²) in [5.41, 5.74) is 2.15. The zero-order chi connectivity index (χ0) is 26.4. The number of hydrogen-bond acceptors (Lipinski definition) is 8. The molecule has 1 atom stereocenters. The highest BCUT2D eigenvalue weighted by Crippen LogP contribution is 2.48. The smallest absolute Gasteiger partial charge is 0.410 e. The van der Waals surface area contributed by atoms with Gasteiger partial charge < -0.3 is 34.1 Å². The second kappa shape index (κ2) is 9.38. The topological polar surface area (TPSA) is 128 Å². The van der Waals surface area contributed by atoms with E-state index in [9.17, 15) is 9.59 Å². The van der Waals surface area contributed by atoms with E-state index in [1.165, 1.54) is 19.2 Å². The van der Waals surface area contributed by atoms with E-state index in [4.69, 9.17) is 18.9 Å². The molecule has 1 aliphatic carbocycles. The number of aromatic nitrogens is 3. The number of ether oxygens (including phenoxy) is 4. The lowest BCUT2D eigenvalue weighted by atomic mass is 10.1. The van der Waals surface area contributed by atoms with Gasteiger partial charge in [-0.05, 0) is 58.1 Å². The van der Waals surface area contributed by atoms with Gasteiger partial charge in [0.05, 0.1) is 23.3 Å². The predicted molar refractivity (Wildman–Crippen MR) is 137 cm³/mol. The Morgan fingerprint density at radius 2 is 2.03 bits per heavy atom. The van der Waals surface area contributed by atoms with Crippen LogP contribution in [-0.2, 0) is 4.74 Å². The monoisotopic (exact) mass is 521 g/mol. The molecule has 200 valence electrons. The van der Waals surface area contributed by atoms with Gasteiger partial charge in [0, 0.05) is 25.3 Å². The van der Waals surface area contributed by atoms with Crippen LogP contribution in [0.15, 0.2) is 24.7 Å². The molecule has 0 radical (unpaired) electrons. The molecule has 2 fully saturated rings. The zero-order valence-corrected chi connectivity index (χ0v) is 21.7. The number of H-pyrrole nitrogens is 1. The number of rotatable bonds is 6. The molecule has 2 aliphatic heterocycles. The Morgan fingerprint density at radius 3 is 2.82 bits per heavy atom. The fourth-order valence-corrected chi connectivity index (χ4v) is 4.73. The Morgan fingerprint density at radius 1 is 1.18 bits per heavy atom. The van der Waals surface area contributed by atoms with Crippen molar-refractivity contribution in [3.8, 4) is 28.5 Å². The first-order chi connectivity index (χ1) is 18.3. The molecule has 2 aromatic heterocycles. The number of carbonyl (C=O) groups is 2. The van der Waals surface area contributed by atoms with E-state index in [1.807, 2.05) is 32.9 Å². The van der Waals surface area contributed by atoms with Crippen LogP contribution in [0, 0.1) is 5.92 Å². The van der Waals surface area contributed by atoms with Gasteiger partial charge in [-0.2, -0.15) is 0 Å². The molecule has 4 heterocycles. The minimum absolute atomic E-state index is 0.114. The molecular weight excluding hydrogens is 490 g/mol. The van der Waals surface area contributed by atoms with Crippen LogP contribution in [0.25, 0.3) is 22.3 Å². The average molecular weight is 522 g/mol. The van der Waals surface area contributed by atoms with E-state index < -0.39 is 5.60 Å². The largest absolute Gasteiger partial charge is 0.492 e. The normalized spacial score (nSPS) is 18.6. The van der Waals surface area contributed by atoms with Gasteiger partial charge in [-0.25, -0.2) is 14.8 Å². The van der Waals surface area contributed by atoms with Crippen molar-refractivity contribution in [1.82, 2.24) is 25.2 Å². The number of aromatic amines is 1. The lowest BCUT2D eigenvalue weighted by Crippen LogP contribution is -2.40. The molecule has 2 N–H and O–H groups in total. The number of amides is 2. The quantitative estimate of drug-likeness (QED) is 0.500. The van der Waals surface area contributed by atoms with Crippen molar-refractivity contribution in [1.29, 1.82) is 0 Å². The number of hydrogen-bond donors (Lipinski definition) is 2. The van der Waals surface area contributed by atoms with Crippen molar-refractivity contribution < 1.29 is 28.5 Å². The minimum atomic E-state index is -0.571. The van der Waals surface area contributed by atoms with Gasteiger partial charge in [0.25, 0.3) is 5.91 Å². The van der Waals surface area contributed by atoms with Crippen LogP contribution in [0.1, 0.15) is 50.4 Å². The Kier molecular flexibility index (Phi) is 6.00. The molecule has 1 aromatic carbocycles. The summed E-state index contributed by atoms with van der Waals surface area (Å²) in [6, 6.07) is 3.51. The van der Waals surface area contributed by atoms with Crippen LogP contribution in [0.3, 0.4) is 0 Å². The summed E-state index contributed by atoms with van der Waals surface area (Å²) in [6.07, 6.45) is 5.67. The average Bonchev–Trinajstić information content (AvgIpc) is 3.23. The van der Waals surface area contributed by atoms with Crippen molar-refractivity contribution in [2.24, 2.45) is 5.92 Å². The van der Waals surface area contributed by atoms with Crippen LogP contribution in [0.4, 0.5) is 4.79 Å². The summed E-state index contributed by atoms with van der Waals surface area (Å²) >= 11 is 0. The van der Waals surface area contributed by atoms with E-state index in [2.05, 4.69) is 20.3 Å². The predicted octanol–water partition coefficient (Wildman–Crippen LogP) is 3.88. The second-order valence-electron chi connectivity index (χ2n) is 11.0. The number of nitrogens with one attached hydrogen (secondary N) is 2. The highest BCUT2D eigenvalue weighted by molar-refractivity contribution is 6.08. The van der Waals surface area contributed by atoms with Crippen LogP contribution in [0.2, 0.25) is 0 Å². The van der Waals surface area contributed by atoms with Gasteiger partial charge in [-0.3, -0.25) is 4.79 Å². The van der Waals surface area contributed by atoms with E-state index in [0.29, 0.717) is 77.1 Å². The standard InChI is InChI=1S/C27H31N5O6/c1-27(2,3)38-26(34)32-9-8-16(11-32)31-25(33)17-10-28-23-21(17)29-13-30-22(23)20-18(35-12-15-4-5-15)6-7-19-24(20)37-14-36-19/h6-7,10,13,15-16,28H,4-5,8-9,11-12,14H2,1-3H3,(H,31,33)/t16-/m0/s1. The van der Waals surface area contributed by atoms with Gasteiger partial charge in [0.2, 0.25) is 6.79 Å². The van der Waals surface area contributed by atoms with Crippen LogP contribution >= 0.6 is 0 Å². The van der Waals surface area contributed by atoms with Crippen molar-refractivity contribution >= 4 is 23.0 Å². The molecule has 0 unspecified atom stereocenters. The molecule has 2 amide bonds. The zero-order valence-electron chi connectivity index (χ0n) is 21.7. The fraction of sp³-hybridized carbons (Fsp3) is 0.481. The van der Waals surface area contributed by atoms with Crippen molar-refractivity contribution in [3.05, 3.63) is 30.2 Å². The van der Waals surface area contributed by atoms with Gasteiger partial charge in [0.1, 0.15) is 28.9 Å². The maximum atomic E-state index is 13.3. The summed E-state index contributed by atoms with van der Waals surface area (Å²) in [7, 11) is 0. The first-order valence-electron chi connectivity index (χ1n) is 12.9. The number of carbonyl (C=O) groups excluding carboxylic acids is 2. The summed E-state index contributed by atoms with van der Waals surface area (Å²) in [6.45, 7) is 7.14. The maximum Gasteiger partial charge on any atom is 0.410 e. The number of fused-ring (bicyclic) bond motifs is 2. The fourth-order valence-electron chi connectivity index (χ4n) is 4.73. The Labute approximate surface area is 219 Å². The third-order valence-corrected chi connectivity index (χ3v) is 6.79. The van der Waals surface area contributed by atoms with E-state index in [-0.39, 0.29) is 24.8 Å². The third kappa shape index (κ3) is 4.80. The van der Waals surface area contributed by atoms with Gasteiger partial charge in [0.15, 0.2) is 11.5 Å². The van der Waals surface area contributed by atoms with E-state index >= 15 is 0 Å². The first kappa shape index (κ1) is 24.3. The lowest BCUT2D eigenvalue weighted by molar-refractivity contribution is 0.0290. The SMILES string of the molecule is CC(C)(C)OC(=O)N1CC[C@H](NC(=O)c2c[nH]c3c(-c4c(OCC5CC5)ccc5c4OCO5)ncnc23)C1. The van der Waals surface area contributed by atoms with Crippen LogP contribution in [-0.4, -0.2) is 70.0 Å². The number of benzene rings is 1. The highest BCUT2D eigenvalue weighted by atomic mass is 16.7. The van der Waals surface area contributed by atoms with Crippen molar-refractivity contribution in [3.63, 3.8) is 0 Å². The van der Waals surface area contributed by atoms with Gasteiger partial charge >= 0.3 is 6.09 Å². The lowest BCUT2D eigenvalue weighted by Gasteiger charge is -2.24. The molecule has 38 heavy (non-hydrogen) atoms. The highest BCUT2D eigenvalue weighted by Gasteiger charge is 2.32. The Bertz CT molecular complexity index is 1390. The molecule has 1 saturated heterocycles. The number of likely N-dealkylation sites (tertiary alicyclic amines) is 1. The molecule has 11 heteroatoms. The summed E-state index contributed by atoms with van der Waals surface area (Å²) in [5.74, 6) is 2.12. The maximum absolute atomic E-state index is 13.3. The third-order valence-electron chi connectivity index (χ3n) is 6.79. The van der Waals surface area contributed by atoms with Crippen LogP contribution in [0.5, 0.6) is 17.2 Å². The molecule has 3 aromatic rings. The molecule has 11 nitrogen and oxygen atoms in total. The summed E-state index contributed by atoms with van der Waals surface area (Å²) < 4.78 is 23.0. The Balaban J connectivity index is 1.25. The van der Waals surface area contributed by atoms with E-state index in [0.717, 1.165) is 0 Å². The van der Waals surface area contributed by atoms with Gasteiger partial charge in [-0.1, -0.05) is 0 Å². The summed E-state index contributed by atoms with van der Waals surface area (Å²) in [4.78, 5) is 39.4. The van der Waals surface area contributed by atoms with Crippen molar-refractivity contribution in [2.45, 2.75) is 51.7 Å². The molecule has 0 bridgehead atoms. The second-order valence-corrected chi connectivity index (χ2v) is 11.0. The van der Waals surface area contributed by atoms with Crippen molar-refractivity contribution in [2.75, 3.05) is 26.5 Å². The molecular formula is C27H31N5O6. The van der Waals surface area contributed by atoms with E-state index in [1.54, 1.807) is 11.1 Å². The molecule has 1 saturated carbocycles. The molecule has 3 aliphatic rings. The number of nitrogens with zero attached hydrogens (tertiary/aromatic N) is 3. The van der Waals surface area contributed by atoms with Crippen LogP contribution < -0.4 is 19.5 Å².